The van der Waals surface area contributed by atoms with Gasteiger partial charge in [0.15, 0.2) is 0 Å². The van der Waals surface area contributed by atoms with Crippen molar-refractivity contribution in [3.05, 3.63) is 29.3 Å². The first kappa shape index (κ1) is 19.7. The van der Waals surface area contributed by atoms with Gasteiger partial charge in [0.05, 0.1) is 12.1 Å². The van der Waals surface area contributed by atoms with Gasteiger partial charge in [0.25, 0.3) is 0 Å². The van der Waals surface area contributed by atoms with Crippen molar-refractivity contribution in [2.24, 2.45) is 5.73 Å². The lowest BCUT2D eigenvalue weighted by Crippen LogP contribution is -2.52. The van der Waals surface area contributed by atoms with E-state index < -0.39 is 5.54 Å². The summed E-state index contributed by atoms with van der Waals surface area (Å²) in [5, 5.41) is 2.83. The molecule has 1 unspecified atom stereocenters. The van der Waals surface area contributed by atoms with E-state index in [0.717, 1.165) is 23.3 Å². The Labute approximate surface area is 133 Å². The highest BCUT2D eigenvalue weighted by molar-refractivity contribution is 5.85. The Kier molecular flexibility index (Phi) is 8.37. The molecule has 4 nitrogen and oxygen atoms in total. The smallest absolute Gasteiger partial charge is 0.239 e. The number of para-hydroxylation sites is 1. The molecule has 0 saturated heterocycles. The lowest BCUT2D eigenvalue weighted by molar-refractivity contribution is -0.126. The largest absolute Gasteiger partial charge is 0.491 e. The molecule has 0 spiro atoms. The summed E-state index contributed by atoms with van der Waals surface area (Å²) in [7, 11) is 0. The molecule has 120 valence electrons. The zero-order chi connectivity index (χ0) is 15.2. The molecule has 21 heavy (non-hydrogen) atoms. The van der Waals surface area contributed by atoms with Crippen molar-refractivity contribution >= 4 is 18.3 Å². The molecule has 1 rings (SSSR count). The van der Waals surface area contributed by atoms with Gasteiger partial charge in [-0.15, -0.1) is 12.4 Å². The van der Waals surface area contributed by atoms with Crippen LogP contribution in [0.5, 0.6) is 5.75 Å². The third kappa shape index (κ3) is 5.94. The predicted molar refractivity (Wildman–Crippen MR) is 89.2 cm³/mol. The number of hydrogen-bond donors (Lipinski definition) is 2. The molecule has 0 heterocycles. The normalized spacial score (nSPS) is 13.0. The minimum Gasteiger partial charge on any atom is -0.491 e. The van der Waals surface area contributed by atoms with E-state index in [-0.39, 0.29) is 18.3 Å². The Morgan fingerprint density at radius 2 is 1.90 bits per heavy atom. The Hall–Kier alpha value is -1.26. The average Bonchev–Trinajstić information content (AvgIpc) is 2.37. The van der Waals surface area contributed by atoms with Crippen LogP contribution < -0.4 is 15.8 Å². The highest BCUT2D eigenvalue weighted by atomic mass is 35.5. The number of ether oxygens (including phenoxy) is 1. The minimum absolute atomic E-state index is 0. The van der Waals surface area contributed by atoms with Gasteiger partial charge in [-0.25, -0.2) is 0 Å². The van der Waals surface area contributed by atoms with E-state index >= 15 is 0 Å². The highest BCUT2D eigenvalue weighted by Crippen LogP contribution is 2.21. The van der Waals surface area contributed by atoms with Crippen LogP contribution in [0.1, 0.15) is 37.8 Å². The maximum absolute atomic E-state index is 11.9. The van der Waals surface area contributed by atoms with Gasteiger partial charge in [0.2, 0.25) is 5.91 Å². The molecule has 1 aromatic carbocycles. The molecule has 1 atom stereocenters. The van der Waals surface area contributed by atoms with Gasteiger partial charge in [0.1, 0.15) is 12.4 Å². The predicted octanol–water partition coefficient (Wildman–Crippen LogP) is 2.74. The van der Waals surface area contributed by atoms with E-state index in [1.807, 2.05) is 39.0 Å². The summed E-state index contributed by atoms with van der Waals surface area (Å²) in [6, 6.07) is 6.03. The topological polar surface area (TPSA) is 64.4 Å². The molecule has 0 bridgehead atoms. The van der Waals surface area contributed by atoms with Crippen LogP contribution in [0.25, 0.3) is 0 Å². The zero-order valence-electron chi connectivity index (χ0n) is 13.4. The number of rotatable bonds is 7. The van der Waals surface area contributed by atoms with Crippen LogP contribution in [0.15, 0.2) is 18.2 Å². The first-order chi connectivity index (χ1) is 9.38. The van der Waals surface area contributed by atoms with Crippen LogP contribution >= 0.6 is 12.4 Å². The van der Waals surface area contributed by atoms with Crippen LogP contribution in [0.3, 0.4) is 0 Å². The summed E-state index contributed by atoms with van der Waals surface area (Å²) in [6.45, 7) is 8.71. The van der Waals surface area contributed by atoms with Crippen LogP contribution in [-0.2, 0) is 4.79 Å². The molecular weight excluding hydrogens is 288 g/mol. The summed E-state index contributed by atoms with van der Waals surface area (Å²) >= 11 is 0. The summed E-state index contributed by atoms with van der Waals surface area (Å²) in [6.07, 6.45) is 1.57. The Balaban J connectivity index is 0.00000400. The van der Waals surface area contributed by atoms with Crippen molar-refractivity contribution in [1.29, 1.82) is 0 Å². The quantitative estimate of drug-likeness (QED) is 0.761. The number of nitrogens with two attached hydrogens (primary N) is 1. The number of aryl methyl sites for hydroxylation is 2. The van der Waals surface area contributed by atoms with E-state index in [1.165, 1.54) is 0 Å². The lowest BCUT2D eigenvalue weighted by atomic mass is 9.97. The molecule has 0 aliphatic heterocycles. The van der Waals surface area contributed by atoms with E-state index in [2.05, 4.69) is 5.32 Å². The van der Waals surface area contributed by atoms with Gasteiger partial charge in [-0.05, 0) is 38.3 Å². The number of carbonyl (C=O) groups excluding carboxylic acids is 1. The maximum Gasteiger partial charge on any atom is 0.239 e. The molecular formula is C16H27ClN2O2. The minimum atomic E-state index is -0.798. The fourth-order valence-corrected chi connectivity index (χ4v) is 2.18. The summed E-state index contributed by atoms with van der Waals surface area (Å²) < 4.78 is 5.74. The molecule has 0 radical (unpaired) electrons. The van der Waals surface area contributed by atoms with Crippen LogP contribution in [0.4, 0.5) is 0 Å². The van der Waals surface area contributed by atoms with E-state index in [9.17, 15) is 4.79 Å². The number of benzene rings is 1. The summed E-state index contributed by atoms with van der Waals surface area (Å²) in [4.78, 5) is 11.9. The first-order valence-electron chi connectivity index (χ1n) is 7.14. The van der Waals surface area contributed by atoms with Crippen molar-refractivity contribution in [3.8, 4) is 5.75 Å². The van der Waals surface area contributed by atoms with Crippen molar-refractivity contribution in [3.63, 3.8) is 0 Å². The average molecular weight is 315 g/mol. The van der Waals surface area contributed by atoms with Crippen molar-refractivity contribution in [2.45, 2.75) is 46.1 Å². The molecule has 5 heteroatoms. The molecule has 0 aromatic heterocycles. The second-order valence-corrected chi connectivity index (χ2v) is 5.49. The van der Waals surface area contributed by atoms with Gasteiger partial charge < -0.3 is 15.8 Å². The lowest BCUT2D eigenvalue weighted by Gasteiger charge is -2.23. The van der Waals surface area contributed by atoms with E-state index in [0.29, 0.717) is 19.6 Å². The van der Waals surface area contributed by atoms with E-state index in [4.69, 9.17) is 10.5 Å². The Morgan fingerprint density at radius 1 is 1.33 bits per heavy atom. The van der Waals surface area contributed by atoms with Gasteiger partial charge >= 0.3 is 0 Å². The number of amides is 1. The standard InChI is InChI=1S/C16H26N2O2.ClH/c1-5-9-16(4,17)15(19)18-10-11-20-14-12(2)7-6-8-13(14)3;/h6-8H,5,9-11,17H2,1-4H3,(H,18,19);1H. The molecule has 1 amide bonds. The van der Waals surface area contributed by atoms with Crippen LogP contribution in [-0.4, -0.2) is 24.6 Å². The Morgan fingerprint density at radius 3 is 2.43 bits per heavy atom. The van der Waals surface area contributed by atoms with Gasteiger partial charge in [-0.1, -0.05) is 31.5 Å². The van der Waals surface area contributed by atoms with Crippen molar-refractivity contribution in [2.75, 3.05) is 13.2 Å². The maximum atomic E-state index is 11.9. The molecule has 0 saturated carbocycles. The zero-order valence-corrected chi connectivity index (χ0v) is 14.2. The van der Waals surface area contributed by atoms with Crippen molar-refractivity contribution < 1.29 is 9.53 Å². The molecule has 0 fully saturated rings. The highest BCUT2D eigenvalue weighted by Gasteiger charge is 2.26. The van der Waals surface area contributed by atoms with Gasteiger partial charge in [0, 0.05) is 0 Å². The van der Waals surface area contributed by atoms with Gasteiger partial charge in [-0.3, -0.25) is 4.79 Å². The summed E-state index contributed by atoms with van der Waals surface area (Å²) in [5.41, 5.74) is 7.37. The van der Waals surface area contributed by atoms with Crippen molar-refractivity contribution in [1.82, 2.24) is 5.32 Å². The monoisotopic (exact) mass is 314 g/mol. The second kappa shape index (κ2) is 8.90. The molecule has 3 N–H and O–H groups in total. The second-order valence-electron chi connectivity index (χ2n) is 5.49. The molecule has 0 aliphatic rings. The first-order valence-corrected chi connectivity index (χ1v) is 7.14. The fourth-order valence-electron chi connectivity index (χ4n) is 2.18. The number of carbonyl (C=O) groups is 1. The third-order valence-electron chi connectivity index (χ3n) is 3.33. The molecule has 0 aliphatic carbocycles. The number of hydrogen-bond acceptors (Lipinski definition) is 3. The van der Waals surface area contributed by atoms with Gasteiger partial charge in [-0.2, -0.15) is 0 Å². The van der Waals surface area contributed by atoms with Crippen LogP contribution in [0, 0.1) is 13.8 Å². The number of nitrogens with one attached hydrogen (secondary N) is 1. The van der Waals surface area contributed by atoms with Crippen LogP contribution in [0.2, 0.25) is 0 Å². The van der Waals surface area contributed by atoms with E-state index in [1.54, 1.807) is 6.92 Å². The number of halogens is 1. The Bertz CT molecular complexity index is 441. The molecule has 1 aromatic rings. The summed E-state index contributed by atoms with van der Waals surface area (Å²) in [5.74, 6) is 0.773. The SMILES string of the molecule is CCCC(C)(N)C(=O)NCCOc1c(C)cccc1C.Cl. The third-order valence-corrected chi connectivity index (χ3v) is 3.33. The fraction of sp³-hybridized carbons (Fsp3) is 0.562.